The molecule has 0 bridgehead atoms. The Bertz CT molecular complexity index is 838. The quantitative estimate of drug-likeness (QED) is 0.732. The van der Waals surface area contributed by atoms with Crippen molar-refractivity contribution in [1.82, 2.24) is 9.80 Å². The molecule has 0 saturated carbocycles. The highest BCUT2D eigenvalue weighted by Gasteiger charge is 2.47. The van der Waals surface area contributed by atoms with Crippen LogP contribution in [-0.2, 0) is 11.3 Å². The highest BCUT2D eigenvalue weighted by molar-refractivity contribution is 6.29. The van der Waals surface area contributed by atoms with E-state index in [9.17, 15) is 9.59 Å². The van der Waals surface area contributed by atoms with Crippen LogP contribution in [0.2, 0.25) is 0 Å². The zero-order chi connectivity index (χ0) is 19.4. The summed E-state index contributed by atoms with van der Waals surface area (Å²) in [6.07, 6.45) is 0.290. The van der Waals surface area contributed by atoms with Crippen molar-refractivity contribution in [2.24, 2.45) is 0 Å². The first-order chi connectivity index (χ1) is 12.9. The molecule has 4 nitrogen and oxygen atoms in total. The Morgan fingerprint density at radius 1 is 1.07 bits per heavy atom. The average Bonchev–Trinajstić information content (AvgIpc) is 2.66. The second kappa shape index (κ2) is 8.07. The van der Waals surface area contributed by atoms with Gasteiger partial charge in [-0.05, 0) is 24.6 Å². The third kappa shape index (κ3) is 4.12. The molecule has 1 fully saturated rings. The standard InChI is InChI=1S/C22H23ClN2O2/c1-17(23)15-22(2)21(27)25(20(26)19-11-7-4-8-12-19)14-13-24(22)16-18-9-5-3-6-10-18/h3-12H,1,13-16H2,2H3/t22-/m0/s1. The molecule has 3 rings (SSSR count). The van der Waals surface area contributed by atoms with Crippen LogP contribution < -0.4 is 0 Å². The minimum atomic E-state index is -0.919. The molecule has 140 valence electrons. The number of benzene rings is 2. The van der Waals surface area contributed by atoms with Crippen LogP contribution in [0.25, 0.3) is 0 Å². The third-order valence-electron chi connectivity index (χ3n) is 5.02. The predicted molar refractivity (Wildman–Crippen MR) is 107 cm³/mol. The van der Waals surface area contributed by atoms with E-state index < -0.39 is 5.54 Å². The summed E-state index contributed by atoms with van der Waals surface area (Å²) in [5.74, 6) is -0.508. The van der Waals surface area contributed by atoms with Crippen molar-refractivity contribution in [3.05, 3.63) is 83.4 Å². The minimum Gasteiger partial charge on any atom is -0.283 e. The Hall–Kier alpha value is -2.43. The molecule has 1 atom stereocenters. The highest BCUT2D eigenvalue weighted by Crippen LogP contribution is 2.32. The fourth-order valence-corrected chi connectivity index (χ4v) is 3.80. The van der Waals surface area contributed by atoms with Crippen molar-refractivity contribution in [1.29, 1.82) is 0 Å². The first-order valence-electron chi connectivity index (χ1n) is 8.95. The van der Waals surface area contributed by atoms with E-state index in [1.54, 1.807) is 24.3 Å². The summed E-state index contributed by atoms with van der Waals surface area (Å²) in [5.41, 5.74) is 0.700. The molecular formula is C22H23ClN2O2. The zero-order valence-electron chi connectivity index (χ0n) is 15.4. The van der Waals surface area contributed by atoms with Crippen LogP contribution in [0.15, 0.2) is 72.3 Å². The normalized spacial score (nSPS) is 20.5. The number of carbonyl (C=O) groups excluding carboxylic acids is 2. The molecule has 0 unspecified atom stereocenters. The van der Waals surface area contributed by atoms with Crippen molar-refractivity contribution >= 4 is 23.4 Å². The lowest BCUT2D eigenvalue weighted by Crippen LogP contribution is -2.65. The molecule has 2 amide bonds. The Morgan fingerprint density at radius 3 is 2.26 bits per heavy atom. The molecular weight excluding hydrogens is 360 g/mol. The zero-order valence-corrected chi connectivity index (χ0v) is 16.2. The van der Waals surface area contributed by atoms with Gasteiger partial charge in [0.2, 0.25) is 5.91 Å². The summed E-state index contributed by atoms with van der Waals surface area (Å²) in [7, 11) is 0. The fraction of sp³-hybridized carbons (Fsp3) is 0.273. The number of carbonyl (C=O) groups is 2. The van der Waals surface area contributed by atoms with E-state index in [2.05, 4.69) is 11.5 Å². The van der Waals surface area contributed by atoms with Crippen LogP contribution in [0, 0.1) is 0 Å². The molecule has 1 aliphatic rings. The van der Waals surface area contributed by atoms with Crippen LogP contribution in [0.4, 0.5) is 0 Å². The summed E-state index contributed by atoms with van der Waals surface area (Å²) in [6.45, 7) is 7.17. The van der Waals surface area contributed by atoms with Gasteiger partial charge in [0, 0.05) is 36.7 Å². The van der Waals surface area contributed by atoms with Gasteiger partial charge in [-0.1, -0.05) is 66.7 Å². The highest BCUT2D eigenvalue weighted by atomic mass is 35.5. The summed E-state index contributed by atoms with van der Waals surface area (Å²) < 4.78 is 0. The summed E-state index contributed by atoms with van der Waals surface area (Å²) in [6, 6.07) is 18.9. The van der Waals surface area contributed by atoms with E-state index in [0.717, 1.165) is 5.56 Å². The lowest BCUT2D eigenvalue weighted by atomic mass is 9.89. The molecule has 2 aromatic carbocycles. The number of hydrogen-bond donors (Lipinski definition) is 0. The van der Waals surface area contributed by atoms with E-state index in [1.807, 2.05) is 43.3 Å². The maximum Gasteiger partial charge on any atom is 0.260 e. The Morgan fingerprint density at radius 2 is 1.67 bits per heavy atom. The second-order valence-electron chi connectivity index (χ2n) is 7.00. The summed E-state index contributed by atoms with van der Waals surface area (Å²) in [4.78, 5) is 29.7. The number of rotatable bonds is 5. The van der Waals surface area contributed by atoms with Crippen LogP contribution in [0.1, 0.15) is 29.3 Å². The molecule has 0 N–H and O–H groups in total. The number of halogens is 1. The number of hydrogen-bond acceptors (Lipinski definition) is 3. The summed E-state index contributed by atoms with van der Waals surface area (Å²) >= 11 is 6.10. The molecule has 1 aliphatic heterocycles. The van der Waals surface area contributed by atoms with E-state index in [1.165, 1.54) is 4.90 Å². The predicted octanol–water partition coefficient (Wildman–Crippen LogP) is 4.07. The number of imide groups is 1. The SMILES string of the molecule is C=C(Cl)C[C@@]1(C)C(=O)N(C(=O)c2ccccc2)CCN1Cc1ccccc1. The van der Waals surface area contributed by atoms with Gasteiger partial charge in [0.1, 0.15) is 5.54 Å². The molecule has 0 aliphatic carbocycles. The van der Waals surface area contributed by atoms with E-state index in [-0.39, 0.29) is 11.8 Å². The summed E-state index contributed by atoms with van der Waals surface area (Å²) in [5, 5.41) is 0.401. The number of amides is 2. The Labute approximate surface area is 165 Å². The minimum absolute atomic E-state index is 0.236. The van der Waals surface area contributed by atoms with Gasteiger partial charge in [0.15, 0.2) is 0 Å². The van der Waals surface area contributed by atoms with Crippen LogP contribution >= 0.6 is 11.6 Å². The van der Waals surface area contributed by atoms with Crippen LogP contribution in [0.3, 0.4) is 0 Å². The lowest BCUT2D eigenvalue weighted by Gasteiger charge is -2.47. The largest absolute Gasteiger partial charge is 0.283 e. The van der Waals surface area contributed by atoms with Gasteiger partial charge in [-0.15, -0.1) is 0 Å². The first kappa shape index (κ1) is 19.3. The average molecular weight is 383 g/mol. The van der Waals surface area contributed by atoms with E-state index in [0.29, 0.717) is 36.7 Å². The lowest BCUT2D eigenvalue weighted by molar-refractivity contribution is -0.147. The Kier molecular flexibility index (Phi) is 5.78. The van der Waals surface area contributed by atoms with Crippen LogP contribution in [0.5, 0.6) is 0 Å². The number of piperazine rings is 1. The molecule has 5 heteroatoms. The second-order valence-corrected chi connectivity index (χ2v) is 7.54. The van der Waals surface area contributed by atoms with Crippen molar-refractivity contribution in [2.45, 2.75) is 25.4 Å². The van der Waals surface area contributed by atoms with E-state index in [4.69, 9.17) is 11.6 Å². The van der Waals surface area contributed by atoms with Crippen molar-refractivity contribution in [3.63, 3.8) is 0 Å². The molecule has 1 saturated heterocycles. The number of nitrogens with zero attached hydrogens (tertiary/aromatic N) is 2. The fourth-order valence-electron chi connectivity index (χ4n) is 3.54. The van der Waals surface area contributed by atoms with Crippen molar-refractivity contribution < 1.29 is 9.59 Å². The van der Waals surface area contributed by atoms with Crippen molar-refractivity contribution in [2.75, 3.05) is 13.1 Å². The van der Waals surface area contributed by atoms with Gasteiger partial charge in [0.05, 0.1) is 0 Å². The maximum atomic E-state index is 13.4. The van der Waals surface area contributed by atoms with E-state index >= 15 is 0 Å². The smallest absolute Gasteiger partial charge is 0.260 e. The maximum absolute atomic E-state index is 13.4. The van der Waals surface area contributed by atoms with Gasteiger partial charge in [-0.3, -0.25) is 19.4 Å². The molecule has 0 aromatic heterocycles. The molecule has 27 heavy (non-hydrogen) atoms. The van der Waals surface area contributed by atoms with Gasteiger partial charge in [-0.25, -0.2) is 0 Å². The third-order valence-corrected chi connectivity index (χ3v) is 5.15. The van der Waals surface area contributed by atoms with Gasteiger partial charge < -0.3 is 0 Å². The first-order valence-corrected chi connectivity index (χ1v) is 9.33. The van der Waals surface area contributed by atoms with Crippen molar-refractivity contribution in [3.8, 4) is 0 Å². The topological polar surface area (TPSA) is 40.6 Å². The van der Waals surface area contributed by atoms with Crippen LogP contribution in [-0.4, -0.2) is 40.2 Å². The molecule has 2 aromatic rings. The molecule has 0 spiro atoms. The molecule has 1 heterocycles. The monoisotopic (exact) mass is 382 g/mol. The van der Waals surface area contributed by atoms with Gasteiger partial charge >= 0.3 is 0 Å². The molecule has 0 radical (unpaired) electrons. The van der Waals surface area contributed by atoms with Gasteiger partial charge in [0.25, 0.3) is 5.91 Å². The van der Waals surface area contributed by atoms with Gasteiger partial charge in [-0.2, -0.15) is 0 Å². The Balaban J connectivity index is 1.88.